The number of thioether (sulfide) groups is 1. The average Bonchev–Trinajstić information content (AvgIpc) is 2.86. The molecule has 0 aliphatic rings. The number of esters is 1. The van der Waals surface area contributed by atoms with E-state index >= 15 is 0 Å². The third-order valence-corrected chi connectivity index (χ3v) is 3.57. The van der Waals surface area contributed by atoms with Gasteiger partial charge in [0.1, 0.15) is 11.5 Å². The Labute approximate surface area is 124 Å². The predicted octanol–water partition coefficient (Wildman–Crippen LogP) is 0.908. The number of carbonyl (C=O) groups excluding carboxylic acids is 1. The zero-order valence-electron chi connectivity index (χ0n) is 11.6. The number of H-pyrrole nitrogens is 1. The molecule has 1 N–H and O–H groups in total. The Bertz CT molecular complexity index is 662. The summed E-state index contributed by atoms with van der Waals surface area (Å²) in [7, 11) is 1.57. The van der Waals surface area contributed by atoms with Gasteiger partial charge in [-0.1, -0.05) is 0 Å². The lowest BCUT2D eigenvalue weighted by atomic mass is 10.3. The Morgan fingerprint density at radius 2 is 2.10 bits per heavy atom. The van der Waals surface area contributed by atoms with Gasteiger partial charge in [-0.2, -0.15) is 0 Å². The fourth-order valence-corrected chi connectivity index (χ4v) is 2.39. The topological polar surface area (TPSA) is 85.4 Å². The van der Waals surface area contributed by atoms with Gasteiger partial charge in [0.15, 0.2) is 0 Å². The first-order chi connectivity index (χ1) is 10.2. The van der Waals surface area contributed by atoms with Crippen molar-refractivity contribution in [2.75, 3.05) is 19.5 Å². The third kappa shape index (κ3) is 3.66. The van der Waals surface area contributed by atoms with E-state index in [1.54, 1.807) is 38.3 Å². The summed E-state index contributed by atoms with van der Waals surface area (Å²) in [6, 6.07) is 7.04. The van der Waals surface area contributed by atoms with Gasteiger partial charge in [0, 0.05) is 12.1 Å². The van der Waals surface area contributed by atoms with Gasteiger partial charge in [-0.05, 0) is 40.8 Å². The van der Waals surface area contributed by atoms with Gasteiger partial charge >= 0.3 is 16.6 Å². The van der Waals surface area contributed by atoms with E-state index in [-0.39, 0.29) is 16.7 Å². The number of ether oxygens (including phenoxy) is 2. The average molecular weight is 311 g/mol. The van der Waals surface area contributed by atoms with Crippen LogP contribution in [0.15, 0.2) is 38.6 Å². The van der Waals surface area contributed by atoms with Crippen molar-refractivity contribution in [1.82, 2.24) is 5.27 Å². The van der Waals surface area contributed by atoms with Crippen LogP contribution in [0.2, 0.25) is 0 Å². The standard InChI is InChI=1S/C13H14N2O5S/c1-3-19-11(16)8-21-12-13(17)20-14-15(12)9-4-6-10(18-2)7-5-9/h4-7H,3,8H2,1-2H3/p+1. The maximum Gasteiger partial charge on any atom is 0.442 e. The molecule has 0 amide bonds. The number of hydrogen-bond acceptors (Lipinski definition) is 6. The Kier molecular flexibility index (Phi) is 5.04. The first kappa shape index (κ1) is 15.2. The van der Waals surface area contributed by atoms with E-state index in [9.17, 15) is 9.59 Å². The minimum absolute atomic E-state index is 0.0343. The lowest BCUT2D eigenvalue weighted by Crippen LogP contribution is -2.36. The number of rotatable bonds is 6. The molecule has 1 aromatic heterocycles. The predicted molar refractivity (Wildman–Crippen MR) is 74.8 cm³/mol. The lowest BCUT2D eigenvalue weighted by Gasteiger charge is -1.99. The molecule has 0 spiro atoms. The van der Waals surface area contributed by atoms with E-state index in [1.807, 2.05) is 0 Å². The van der Waals surface area contributed by atoms with E-state index in [4.69, 9.17) is 14.0 Å². The highest BCUT2D eigenvalue weighted by molar-refractivity contribution is 7.99. The summed E-state index contributed by atoms with van der Waals surface area (Å²) in [5.74, 6) is 0.349. The number of aromatic amines is 1. The van der Waals surface area contributed by atoms with Gasteiger partial charge < -0.3 is 9.47 Å². The van der Waals surface area contributed by atoms with Crippen LogP contribution in [0.25, 0.3) is 5.69 Å². The Balaban J connectivity index is 2.20. The molecule has 0 fully saturated rings. The molecule has 2 aromatic rings. The SMILES string of the molecule is CCOC(=O)CSc1c(=O)o[nH][n+]1-c1ccc(OC)cc1. The van der Waals surface area contributed by atoms with Crippen LogP contribution in [0.5, 0.6) is 5.75 Å². The molecule has 21 heavy (non-hydrogen) atoms. The highest BCUT2D eigenvalue weighted by Gasteiger charge is 2.25. The normalized spacial score (nSPS) is 10.4. The maximum atomic E-state index is 11.7. The van der Waals surface area contributed by atoms with Crippen molar-refractivity contribution in [1.29, 1.82) is 0 Å². The van der Waals surface area contributed by atoms with Crippen LogP contribution in [-0.4, -0.2) is 30.7 Å². The number of benzene rings is 1. The number of aromatic nitrogens is 2. The molecule has 0 saturated carbocycles. The second-order valence-corrected chi connectivity index (χ2v) is 4.88. The fourth-order valence-electron chi connectivity index (χ4n) is 1.62. The summed E-state index contributed by atoms with van der Waals surface area (Å²) in [5.41, 5.74) is 0.146. The molecule has 8 heteroatoms. The number of carbonyl (C=O) groups is 1. The molecule has 0 radical (unpaired) electrons. The van der Waals surface area contributed by atoms with Crippen molar-refractivity contribution in [2.45, 2.75) is 11.9 Å². The smallest absolute Gasteiger partial charge is 0.442 e. The number of methoxy groups -OCH3 is 1. The highest BCUT2D eigenvalue weighted by atomic mass is 32.2. The second kappa shape index (κ2) is 6.98. The molecular formula is C13H15N2O5S+. The van der Waals surface area contributed by atoms with Crippen LogP contribution in [0.1, 0.15) is 6.92 Å². The van der Waals surface area contributed by atoms with Gasteiger partial charge in [-0.3, -0.25) is 9.32 Å². The van der Waals surface area contributed by atoms with Gasteiger partial charge in [0.2, 0.25) is 5.69 Å². The largest absolute Gasteiger partial charge is 0.497 e. The molecule has 7 nitrogen and oxygen atoms in total. The van der Waals surface area contributed by atoms with Gasteiger partial charge in [-0.15, -0.1) is 0 Å². The third-order valence-electron chi connectivity index (χ3n) is 2.57. The van der Waals surface area contributed by atoms with Crippen molar-refractivity contribution in [3.63, 3.8) is 0 Å². The van der Waals surface area contributed by atoms with Gasteiger partial charge in [-0.25, -0.2) is 4.79 Å². The minimum Gasteiger partial charge on any atom is -0.497 e. The van der Waals surface area contributed by atoms with Crippen LogP contribution in [0, 0.1) is 0 Å². The van der Waals surface area contributed by atoms with Crippen molar-refractivity contribution in [3.05, 3.63) is 34.7 Å². The molecule has 0 atom stereocenters. The molecule has 0 saturated heterocycles. The highest BCUT2D eigenvalue weighted by Crippen LogP contribution is 2.14. The molecule has 1 heterocycles. The molecule has 1 aromatic carbocycles. The first-order valence-corrected chi connectivity index (χ1v) is 7.20. The Morgan fingerprint density at radius 3 is 2.71 bits per heavy atom. The summed E-state index contributed by atoms with van der Waals surface area (Å²) >= 11 is 1.05. The summed E-state index contributed by atoms with van der Waals surface area (Å²) in [6.07, 6.45) is 0. The van der Waals surface area contributed by atoms with Gasteiger partial charge in [0.05, 0.1) is 13.7 Å². The van der Waals surface area contributed by atoms with Crippen LogP contribution >= 0.6 is 11.8 Å². The van der Waals surface area contributed by atoms with Crippen LogP contribution < -0.4 is 15.0 Å². The first-order valence-electron chi connectivity index (χ1n) is 6.22. The zero-order chi connectivity index (χ0) is 15.2. The van der Waals surface area contributed by atoms with E-state index in [2.05, 4.69) is 5.27 Å². The molecule has 0 aliphatic heterocycles. The monoisotopic (exact) mass is 311 g/mol. The van der Waals surface area contributed by atoms with Crippen LogP contribution in [-0.2, 0) is 9.53 Å². The van der Waals surface area contributed by atoms with E-state index in [1.165, 1.54) is 4.68 Å². The van der Waals surface area contributed by atoms with Crippen molar-refractivity contribution in [2.24, 2.45) is 0 Å². The summed E-state index contributed by atoms with van der Waals surface area (Å²) in [6.45, 7) is 2.03. The quantitative estimate of drug-likeness (QED) is 0.485. The van der Waals surface area contributed by atoms with Crippen LogP contribution in [0.3, 0.4) is 0 Å². The number of nitrogens with one attached hydrogen (secondary N) is 1. The lowest BCUT2D eigenvalue weighted by molar-refractivity contribution is -0.704. The number of hydrogen-bond donors (Lipinski definition) is 1. The summed E-state index contributed by atoms with van der Waals surface area (Å²) < 4.78 is 16.1. The van der Waals surface area contributed by atoms with Crippen molar-refractivity contribution < 1.29 is 23.5 Å². The summed E-state index contributed by atoms with van der Waals surface area (Å²) in [5, 5.41) is 2.77. The van der Waals surface area contributed by atoms with Crippen molar-refractivity contribution in [3.8, 4) is 11.4 Å². The molecule has 2 rings (SSSR count). The van der Waals surface area contributed by atoms with E-state index in [0.29, 0.717) is 18.0 Å². The molecule has 112 valence electrons. The van der Waals surface area contributed by atoms with E-state index in [0.717, 1.165) is 11.8 Å². The van der Waals surface area contributed by atoms with E-state index < -0.39 is 5.63 Å². The molecular weight excluding hydrogens is 296 g/mol. The zero-order valence-corrected chi connectivity index (χ0v) is 12.4. The fraction of sp³-hybridized carbons (Fsp3) is 0.308. The summed E-state index contributed by atoms with van der Waals surface area (Å²) in [4.78, 5) is 23.1. The Morgan fingerprint density at radius 1 is 1.38 bits per heavy atom. The minimum atomic E-state index is -0.542. The van der Waals surface area contributed by atoms with Gasteiger partial charge in [0.25, 0.3) is 0 Å². The van der Waals surface area contributed by atoms with Crippen LogP contribution in [0.4, 0.5) is 0 Å². The Hall–Kier alpha value is -2.22. The second-order valence-electron chi connectivity index (χ2n) is 3.91. The molecule has 0 aliphatic carbocycles. The maximum absolute atomic E-state index is 11.7. The molecule has 0 unspecified atom stereocenters. The van der Waals surface area contributed by atoms with Crippen molar-refractivity contribution >= 4 is 17.7 Å². The number of nitrogens with zero attached hydrogens (tertiary/aromatic N) is 1. The molecule has 0 bridgehead atoms.